The summed E-state index contributed by atoms with van der Waals surface area (Å²) >= 11 is 1.74. The highest BCUT2D eigenvalue weighted by molar-refractivity contribution is 7.99. The molecule has 2 heterocycles. The summed E-state index contributed by atoms with van der Waals surface area (Å²) in [7, 11) is 0. The highest BCUT2D eigenvalue weighted by Crippen LogP contribution is 2.35. The van der Waals surface area contributed by atoms with Gasteiger partial charge in [-0.2, -0.15) is 11.8 Å². The molecule has 82 valence electrons. The lowest BCUT2D eigenvalue weighted by molar-refractivity contribution is 0.164. The normalized spacial score (nSPS) is 23.7. The summed E-state index contributed by atoms with van der Waals surface area (Å²) in [5.41, 5.74) is 0.379. The van der Waals surface area contributed by atoms with Crippen molar-refractivity contribution in [2.75, 3.05) is 5.75 Å². The van der Waals surface area contributed by atoms with Gasteiger partial charge in [-0.1, -0.05) is 6.42 Å². The molecule has 2 unspecified atom stereocenters. The van der Waals surface area contributed by atoms with Crippen molar-refractivity contribution in [2.45, 2.75) is 30.6 Å². The van der Waals surface area contributed by atoms with Gasteiger partial charge in [0.1, 0.15) is 5.82 Å². The largest absolute Gasteiger partial charge is 0.387 e. The van der Waals surface area contributed by atoms with E-state index in [1.165, 1.54) is 12.6 Å². The van der Waals surface area contributed by atoms with E-state index in [4.69, 9.17) is 0 Å². The Hall–Kier alpha value is -0.610. The zero-order valence-electron chi connectivity index (χ0n) is 8.40. The maximum absolute atomic E-state index is 13.4. The Bertz CT molecular complexity index is 328. The first-order valence-corrected chi connectivity index (χ1v) is 6.23. The van der Waals surface area contributed by atoms with E-state index in [0.717, 1.165) is 24.8 Å². The number of pyridine rings is 1. The highest BCUT2D eigenvalue weighted by Gasteiger charge is 2.25. The summed E-state index contributed by atoms with van der Waals surface area (Å²) < 4.78 is 13.4. The fourth-order valence-corrected chi connectivity index (χ4v) is 3.18. The molecule has 0 aliphatic carbocycles. The summed E-state index contributed by atoms with van der Waals surface area (Å²) in [6, 6.07) is 1.56. The molecule has 1 saturated heterocycles. The predicted molar refractivity (Wildman–Crippen MR) is 59.3 cm³/mol. The Kier molecular flexibility index (Phi) is 3.59. The van der Waals surface area contributed by atoms with Gasteiger partial charge in [-0.3, -0.25) is 4.98 Å². The van der Waals surface area contributed by atoms with Crippen LogP contribution >= 0.6 is 11.8 Å². The molecule has 15 heavy (non-hydrogen) atoms. The summed E-state index contributed by atoms with van der Waals surface area (Å²) in [6.07, 6.45) is 5.28. The van der Waals surface area contributed by atoms with Crippen molar-refractivity contribution >= 4 is 11.8 Å². The molecule has 2 nitrogen and oxygen atoms in total. The van der Waals surface area contributed by atoms with Crippen LogP contribution in [0.25, 0.3) is 0 Å². The topological polar surface area (TPSA) is 33.1 Å². The van der Waals surface area contributed by atoms with Crippen LogP contribution in [0.15, 0.2) is 18.5 Å². The van der Waals surface area contributed by atoms with E-state index in [1.807, 2.05) is 0 Å². The first-order chi connectivity index (χ1) is 7.29. The number of aliphatic hydroxyl groups excluding tert-OH is 1. The van der Waals surface area contributed by atoms with Gasteiger partial charge in [-0.05, 0) is 24.7 Å². The number of aromatic nitrogens is 1. The quantitative estimate of drug-likeness (QED) is 0.842. The van der Waals surface area contributed by atoms with Crippen LogP contribution in [0.5, 0.6) is 0 Å². The van der Waals surface area contributed by atoms with Crippen LogP contribution in [0, 0.1) is 5.82 Å². The van der Waals surface area contributed by atoms with Crippen LogP contribution in [0.3, 0.4) is 0 Å². The second-order valence-corrected chi connectivity index (χ2v) is 5.09. The van der Waals surface area contributed by atoms with E-state index >= 15 is 0 Å². The van der Waals surface area contributed by atoms with E-state index in [-0.39, 0.29) is 5.25 Å². The smallest absolute Gasteiger partial charge is 0.147 e. The maximum Gasteiger partial charge on any atom is 0.147 e. The molecule has 1 N–H and O–H groups in total. The number of rotatable bonds is 2. The molecule has 0 radical (unpaired) electrons. The van der Waals surface area contributed by atoms with Crippen LogP contribution in [-0.2, 0) is 0 Å². The van der Waals surface area contributed by atoms with E-state index in [2.05, 4.69) is 4.98 Å². The Balaban J connectivity index is 2.12. The second-order valence-electron chi connectivity index (χ2n) is 3.75. The first-order valence-electron chi connectivity index (χ1n) is 5.18. The molecular weight excluding hydrogens is 213 g/mol. The van der Waals surface area contributed by atoms with E-state index in [9.17, 15) is 9.50 Å². The Morgan fingerprint density at radius 1 is 1.53 bits per heavy atom. The van der Waals surface area contributed by atoms with Gasteiger partial charge in [0.2, 0.25) is 0 Å². The summed E-state index contributed by atoms with van der Waals surface area (Å²) in [6.45, 7) is 0. The van der Waals surface area contributed by atoms with Crippen LogP contribution in [0.2, 0.25) is 0 Å². The molecule has 1 aliphatic rings. The fraction of sp³-hybridized carbons (Fsp3) is 0.545. The zero-order valence-corrected chi connectivity index (χ0v) is 9.21. The number of aliphatic hydroxyl groups is 1. The number of halogens is 1. The summed E-state index contributed by atoms with van der Waals surface area (Å²) in [5.74, 6) is 0.658. The van der Waals surface area contributed by atoms with Crippen LogP contribution in [0.4, 0.5) is 4.39 Å². The molecular formula is C11H14FNOS. The van der Waals surface area contributed by atoms with Crippen molar-refractivity contribution < 1.29 is 9.50 Å². The van der Waals surface area contributed by atoms with Crippen molar-refractivity contribution in [1.82, 2.24) is 4.98 Å². The molecule has 0 spiro atoms. The third-order valence-corrected chi connectivity index (χ3v) is 4.14. The number of hydrogen-bond donors (Lipinski definition) is 1. The summed E-state index contributed by atoms with van der Waals surface area (Å²) in [4.78, 5) is 3.68. The standard InChI is InChI=1S/C11H14FNOS/c12-9-7-13-5-4-8(9)11(14)10-3-1-2-6-15-10/h4-5,7,10-11,14H,1-3,6H2. The van der Waals surface area contributed by atoms with Crippen molar-refractivity contribution in [2.24, 2.45) is 0 Å². The number of thioether (sulfide) groups is 1. The molecule has 1 aromatic heterocycles. The van der Waals surface area contributed by atoms with Gasteiger partial charge in [-0.15, -0.1) is 0 Å². The van der Waals surface area contributed by atoms with Gasteiger partial charge in [0.15, 0.2) is 0 Å². The van der Waals surface area contributed by atoms with Gasteiger partial charge >= 0.3 is 0 Å². The summed E-state index contributed by atoms with van der Waals surface area (Å²) in [5, 5.41) is 10.2. The van der Waals surface area contributed by atoms with E-state index in [0.29, 0.717) is 5.56 Å². The Morgan fingerprint density at radius 2 is 2.40 bits per heavy atom. The van der Waals surface area contributed by atoms with Gasteiger partial charge in [0.25, 0.3) is 0 Å². The van der Waals surface area contributed by atoms with Crippen molar-refractivity contribution in [1.29, 1.82) is 0 Å². The molecule has 0 aromatic carbocycles. The molecule has 4 heteroatoms. The van der Waals surface area contributed by atoms with Crippen molar-refractivity contribution in [3.8, 4) is 0 Å². The van der Waals surface area contributed by atoms with E-state index in [1.54, 1.807) is 17.8 Å². The minimum atomic E-state index is -0.696. The molecule has 2 atom stereocenters. The second kappa shape index (κ2) is 4.94. The van der Waals surface area contributed by atoms with Crippen LogP contribution in [-0.4, -0.2) is 21.1 Å². The van der Waals surface area contributed by atoms with Crippen LogP contribution < -0.4 is 0 Å². The van der Waals surface area contributed by atoms with Gasteiger partial charge in [-0.25, -0.2) is 4.39 Å². The fourth-order valence-electron chi connectivity index (χ4n) is 1.84. The Morgan fingerprint density at radius 3 is 3.07 bits per heavy atom. The predicted octanol–water partition coefficient (Wildman–Crippen LogP) is 2.54. The minimum absolute atomic E-state index is 0.135. The number of hydrogen-bond acceptors (Lipinski definition) is 3. The SMILES string of the molecule is OC(c1ccncc1F)C1CCCCS1. The first kappa shape index (κ1) is 10.9. The van der Waals surface area contributed by atoms with Gasteiger partial charge in [0.05, 0.1) is 12.3 Å². The molecule has 1 fully saturated rings. The molecule has 0 amide bonds. The van der Waals surface area contributed by atoms with Gasteiger partial charge in [0, 0.05) is 17.0 Å². The monoisotopic (exact) mass is 227 g/mol. The average molecular weight is 227 g/mol. The third-order valence-electron chi connectivity index (χ3n) is 2.69. The lowest BCUT2D eigenvalue weighted by Gasteiger charge is -2.26. The maximum atomic E-state index is 13.4. The Labute approximate surface area is 92.9 Å². The lowest BCUT2D eigenvalue weighted by atomic mass is 10.0. The lowest BCUT2D eigenvalue weighted by Crippen LogP contribution is -2.19. The van der Waals surface area contributed by atoms with E-state index < -0.39 is 11.9 Å². The van der Waals surface area contributed by atoms with Gasteiger partial charge < -0.3 is 5.11 Å². The highest BCUT2D eigenvalue weighted by atomic mass is 32.2. The molecule has 0 bridgehead atoms. The molecule has 1 aliphatic heterocycles. The molecule has 0 saturated carbocycles. The average Bonchev–Trinajstić information content (AvgIpc) is 2.30. The van der Waals surface area contributed by atoms with Crippen molar-refractivity contribution in [3.63, 3.8) is 0 Å². The van der Waals surface area contributed by atoms with Crippen LogP contribution in [0.1, 0.15) is 30.9 Å². The minimum Gasteiger partial charge on any atom is -0.387 e. The molecule has 1 aromatic rings. The number of nitrogens with zero attached hydrogens (tertiary/aromatic N) is 1. The molecule has 2 rings (SSSR count). The third kappa shape index (κ3) is 2.49. The zero-order chi connectivity index (χ0) is 10.7. The van der Waals surface area contributed by atoms with Crippen molar-refractivity contribution in [3.05, 3.63) is 29.8 Å².